The molecule has 0 unspecified atom stereocenters. The van der Waals surface area contributed by atoms with Gasteiger partial charge in [-0.15, -0.1) is 0 Å². The van der Waals surface area contributed by atoms with Crippen molar-refractivity contribution >= 4 is 0 Å². The van der Waals surface area contributed by atoms with Crippen molar-refractivity contribution in [2.75, 3.05) is 26.7 Å². The van der Waals surface area contributed by atoms with Crippen LogP contribution >= 0.6 is 0 Å². The monoisotopic (exact) mass is 255 g/mol. The second kappa shape index (κ2) is 12.0. The van der Waals surface area contributed by atoms with Crippen molar-refractivity contribution in [1.82, 2.24) is 0 Å². The first kappa shape index (κ1) is 18.0. The van der Waals surface area contributed by atoms with Gasteiger partial charge in [-0.2, -0.15) is 0 Å². The predicted molar refractivity (Wildman–Crippen MR) is 83.7 cm³/mol. The minimum absolute atomic E-state index is 1.10. The minimum Gasteiger partial charge on any atom is -0.326 e. The summed E-state index contributed by atoms with van der Waals surface area (Å²) < 4.78 is 1.29. The fourth-order valence-corrected chi connectivity index (χ4v) is 2.67. The molecule has 0 aliphatic heterocycles. The van der Waals surface area contributed by atoms with Crippen LogP contribution in [-0.4, -0.2) is 31.2 Å². The lowest BCUT2D eigenvalue weighted by atomic mass is 10.1. The quantitative estimate of drug-likeness (QED) is 0.313. The molecule has 109 valence electrons. The molecule has 1 heteroatoms. The first-order valence-electron chi connectivity index (χ1n) is 8.31. The summed E-state index contributed by atoms with van der Waals surface area (Å²) in [4.78, 5) is 0. The van der Waals surface area contributed by atoms with E-state index in [-0.39, 0.29) is 0 Å². The SMILES string of the molecule is [CH2]CCC[N+](C)(CCCCCC)CCCCCC. The Labute approximate surface area is 117 Å². The third kappa shape index (κ3) is 9.94. The highest BCUT2D eigenvalue weighted by Gasteiger charge is 2.19. The van der Waals surface area contributed by atoms with E-state index in [1.165, 1.54) is 81.9 Å². The van der Waals surface area contributed by atoms with Gasteiger partial charge in [-0.25, -0.2) is 0 Å². The van der Waals surface area contributed by atoms with Gasteiger partial charge in [-0.1, -0.05) is 46.5 Å². The van der Waals surface area contributed by atoms with Gasteiger partial charge in [0.2, 0.25) is 0 Å². The zero-order valence-corrected chi connectivity index (χ0v) is 13.3. The molecule has 0 aromatic carbocycles. The average Bonchev–Trinajstić information content (AvgIpc) is 2.38. The van der Waals surface area contributed by atoms with Crippen molar-refractivity contribution in [1.29, 1.82) is 0 Å². The molecule has 0 saturated heterocycles. The van der Waals surface area contributed by atoms with E-state index in [0.717, 1.165) is 6.42 Å². The van der Waals surface area contributed by atoms with E-state index >= 15 is 0 Å². The smallest absolute Gasteiger partial charge is 0.0784 e. The van der Waals surface area contributed by atoms with Crippen molar-refractivity contribution in [2.24, 2.45) is 0 Å². The Balaban J connectivity index is 3.90. The Morgan fingerprint density at radius 3 is 1.50 bits per heavy atom. The molecule has 0 N–H and O–H groups in total. The van der Waals surface area contributed by atoms with Crippen molar-refractivity contribution in [2.45, 2.75) is 78.1 Å². The van der Waals surface area contributed by atoms with Crippen LogP contribution in [0.25, 0.3) is 0 Å². The second-order valence-electron chi connectivity index (χ2n) is 6.12. The molecular weight excluding hydrogens is 218 g/mol. The van der Waals surface area contributed by atoms with E-state index in [2.05, 4.69) is 27.8 Å². The van der Waals surface area contributed by atoms with E-state index in [4.69, 9.17) is 0 Å². The van der Waals surface area contributed by atoms with Crippen LogP contribution in [0.15, 0.2) is 0 Å². The molecule has 0 saturated carbocycles. The van der Waals surface area contributed by atoms with Gasteiger partial charge in [-0.3, -0.25) is 0 Å². The molecule has 0 fully saturated rings. The fraction of sp³-hybridized carbons (Fsp3) is 0.941. The summed E-state index contributed by atoms with van der Waals surface area (Å²) >= 11 is 0. The highest BCUT2D eigenvalue weighted by Crippen LogP contribution is 2.13. The zero-order valence-electron chi connectivity index (χ0n) is 13.3. The van der Waals surface area contributed by atoms with Gasteiger partial charge in [0.25, 0.3) is 0 Å². The highest BCUT2D eigenvalue weighted by molar-refractivity contribution is 4.48. The van der Waals surface area contributed by atoms with Crippen LogP contribution in [0.2, 0.25) is 0 Å². The first-order valence-corrected chi connectivity index (χ1v) is 8.31. The van der Waals surface area contributed by atoms with Crippen LogP contribution < -0.4 is 0 Å². The molecule has 1 nitrogen and oxygen atoms in total. The molecule has 1 radical (unpaired) electrons. The summed E-state index contributed by atoms with van der Waals surface area (Å²) in [6, 6.07) is 0. The molecule has 0 aromatic rings. The van der Waals surface area contributed by atoms with Gasteiger partial charge < -0.3 is 4.48 Å². The normalized spacial score (nSPS) is 12.0. The van der Waals surface area contributed by atoms with Crippen LogP contribution in [0.5, 0.6) is 0 Å². The average molecular weight is 255 g/mol. The Bertz CT molecular complexity index is 153. The molecule has 18 heavy (non-hydrogen) atoms. The number of hydrogen-bond acceptors (Lipinski definition) is 0. The molecule has 0 atom stereocenters. The van der Waals surface area contributed by atoms with Gasteiger partial charge >= 0.3 is 0 Å². The number of hydrogen-bond donors (Lipinski definition) is 0. The third-order valence-electron chi connectivity index (χ3n) is 4.05. The lowest BCUT2D eigenvalue weighted by Gasteiger charge is -2.35. The maximum Gasteiger partial charge on any atom is 0.0784 e. The number of nitrogens with zero attached hydrogens (tertiary/aromatic N) is 1. The number of quaternary nitrogens is 1. The van der Waals surface area contributed by atoms with E-state index in [1.807, 2.05) is 0 Å². The summed E-state index contributed by atoms with van der Waals surface area (Å²) in [5.41, 5.74) is 0. The molecule has 0 amide bonds. The number of rotatable bonds is 13. The Morgan fingerprint density at radius 2 is 1.11 bits per heavy atom. The highest BCUT2D eigenvalue weighted by atomic mass is 15.3. The minimum atomic E-state index is 1.10. The van der Waals surface area contributed by atoms with Crippen LogP contribution in [0.4, 0.5) is 0 Å². The molecule has 0 rings (SSSR count). The van der Waals surface area contributed by atoms with Gasteiger partial charge in [0.05, 0.1) is 26.7 Å². The zero-order chi connectivity index (χ0) is 13.7. The van der Waals surface area contributed by atoms with Gasteiger partial charge in [0.15, 0.2) is 0 Å². The van der Waals surface area contributed by atoms with Crippen LogP contribution in [0, 0.1) is 6.92 Å². The van der Waals surface area contributed by atoms with Crippen molar-refractivity contribution < 1.29 is 4.48 Å². The summed E-state index contributed by atoms with van der Waals surface area (Å²) in [6.45, 7) is 12.7. The Hall–Kier alpha value is -0.0400. The first-order chi connectivity index (χ1) is 8.68. The summed E-state index contributed by atoms with van der Waals surface area (Å²) in [5.74, 6) is 0. The summed E-state index contributed by atoms with van der Waals surface area (Å²) in [6.07, 6.45) is 13.6. The van der Waals surface area contributed by atoms with Crippen LogP contribution in [0.1, 0.15) is 78.1 Å². The van der Waals surface area contributed by atoms with Crippen molar-refractivity contribution in [3.63, 3.8) is 0 Å². The third-order valence-corrected chi connectivity index (χ3v) is 4.05. The van der Waals surface area contributed by atoms with Crippen LogP contribution in [-0.2, 0) is 0 Å². The van der Waals surface area contributed by atoms with Gasteiger partial charge in [0.1, 0.15) is 0 Å². The maximum atomic E-state index is 4.00. The van der Waals surface area contributed by atoms with E-state index in [1.54, 1.807) is 0 Å². The lowest BCUT2D eigenvalue weighted by molar-refractivity contribution is -0.910. The standard InChI is InChI=1S/C17H37N/c1-5-8-11-13-16-18(4,15-10-7-3)17-14-12-9-6-2/h3,5-17H2,1-2,4H3/q+1. The molecule has 0 heterocycles. The van der Waals surface area contributed by atoms with E-state index in [9.17, 15) is 0 Å². The molecule has 0 aliphatic rings. The molecule has 0 aliphatic carbocycles. The Morgan fingerprint density at radius 1 is 0.667 bits per heavy atom. The summed E-state index contributed by atoms with van der Waals surface area (Å²) in [5, 5.41) is 0. The van der Waals surface area contributed by atoms with Gasteiger partial charge in [0, 0.05) is 0 Å². The molecular formula is C17H37N+. The van der Waals surface area contributed by atoms with Crippen molar-refractivity contribution in [3.05, 3.63) is 6.92 Å². The molecule has 0 bridgehead atoms. The Kier molecular flexibility index (Phi) is 12.0. The molecule has 0 spiro atoms. The number of unbranched alkanes of at least 4 members (excludes halogenated alkanes) is 7. The fourth-order valence-electron chi connectivity index (χ4n) is 2.67. The van der Waals surface area contributed by atoms with Crippen molar-refractivity contribution in [3.8, 4) is 0 Å². The largest absolute Gasteiger partial charge is 0.326 e. The maximum absolute atomic E-state index is 4.00. The predicted octanol–water partition coefficient (Wildman–Crippen LogP) is 5.21. The van der Waals surface area contributed by atoms with E-state index in [0.29, 0.717) is 0 Å². The summed E-state index contributed by atoms with van der Waals surface area (Å²) in [7, 11) is 2.47. The molecule has 0 aromatic heterocycles. The lowest BCUT2D eigenvalue weighted by Crippen LogP contribution is -2.46. The van der Waals surface area contributed by atoms with Crippen LogP contribution in [0.3, 0.4) is 0 Å². The topological polar surface area (TPSA) is 0 Å². The van der Waals surface area contributed by atoms with Gasteiger partial charge in [-0.05, 0) is 38.5 Å². The van der Waals surface area contributed by atoms with E-state index < -0.39 is 0 Å². The second-order valence-corrected chi connectivity index (χ2v) is 6.12.